The van der Waals surface area contributed by atoms with Crippen LogP contribution in [0.5, 0.6) is 0 Å². The first-order chi connectivity index (χ1) is 12.1. The molecule has 0 radical (unpaired) electrons. The number of rotatable bonds is 4. The molecule has 0 aromatic heterocycles. The van der Waals surface area contributed by atoms with Crippen LogP contribution in [0.2, 0.25) is 0 Å². The minimum atomic E-state index is -0.399. The number of hydrogen-bond donors (Lipinski definition) is 0. The van der Waals surface area contributed by atoms with Crippen molar-refractivity contribution in [1.82, 2.24) is 9.80 Å². The number of amides is 2. The molecule has 5 nitrogen and oxygen atoms in total. The zero-order chi connectivity index (χ0) is 19.5. The number of aryl methyl sites for hydroxylation is 2. The lowest BCUT2D eigenvalue weighted by Crippen LogP contribution is -2.53. The number of ketones is 1. The van der Waals surface area contributed by atoms with Gasteiger partial charge in [0, 0.05) is 50.0 Å². The van der Waals surface area contributed by atoms with Crippen LogP contribution in [-0.2, 0) is 9.59 Å². The minimum absolute atomic E-state index is 0.00786. The Morgan fingerprint density at radius 3 is 2.08 bits per heavy atom. The van der Waals surface area contributed by atoms with Gasteiger partial charge in [-0.15, -0.1) is 0 Å². The third kappa shape index (κ3) is 4.93. The smallest absolute Gasteiger partial charge is 0.228 e. The van der Waals surface area contributed by atoms with Crippen molar-refractivity contribution in [3.63, 3.8) is 0 Å². The second kappa shape index (κ2) is 8.02. The average molecular weight is 358 g/mol. The van der Waals surface area contributed by atoms with E-state index in [1.807, 2.05) is 57.7 Å². The van der Waals surface area contributed by atoms with Crippen LogP contribution >= 0.6 is 0 Å². The normalized spacial score (nSPS) is 15.1. The SMILES string of the molecule is Cc1ccc(C)c(C(=O)CCC(=O)N2CCN(C(=O)C(C)(C)C)CC2)c1. The molecular formula is C21H30N2O3. The molecule has 0 N–H and O–H groups in total. The Bertz CT molecular complexity index is 696. The lowest BCUT2D eigenvalue weighted by molar-refractivity contribution is -0.144. The van der Waals surface area contributed by atoms with Gasteiger partial charge >= 0.3 is 0 Å². The van der Waals surface area contributed by atoms with Gasteiger partial charge in [0.05, 0.1) is 0 Å². The predicted octanol–water partition coefficient (Wildman–Crippen LogP) is 2.98. The van der Waals surface area contributed by atoms with Crippen molar-refractivity contribution in [2.45, 2.75) is 47.5 Å². The zero-order valence-corrected chi connectivity index (χ0v) is 16.6. The van der Waals surface area contributed by atoms with Crippen LogP contribution in [0.3, 0.4) is 0 Å². The van der Waals surface area contributed by atoms with Gasteiger partial charge in [-0.25, -0.2) is 0 Å². The summed E-state index contributed by atoms with van der Waals surface area (Å²) in [4.78, 5) is 40.8. The zero-order valence-electron chi connectivity index (χ0n) is 16.6. The molecule has 1 heterocycles. The third-order valence-corrected chi connectivity index (χ3v) is 4.82. The first-order valence-electron chi connectivity index (χ1n) is 9.27. The predicted molar refractivity (Wildman–Crippen MR) is 102 cm³/mol. The summed E-state index contributed by atoms with van der Waals surface area (Å²) in [6.45, 7) is 11.8. The van der Waals surface area contributed by atoms with E-state index in [1.165, 1.54) is 0 Å². The summed E-state index contributed by atoms with van der Waals surface area (Å²) in [5.41, 5.74) is 2.30. The van der Waals surface area contributed by atoms with E-state index in [-0.39, 0.29) is 30.4 Å². The molecule has 2 rings (SSSR count). The number of carbonyl (C=O) groups is 3. The lowest BCUT2D eigenvalue weighted by atomic mass is 9.94. The van der Waals surface area contributed by atoms with Crippen LogP contribution in [0.15, 0.2) is 18.2 Å². The van der Waals surface area contributed by atoms with Crippen molar-refractivity contribution in [1.29, 1.82) is 0 Å². The van der Waals surface area contributed by atoms with Gasteiger partial charge in [-0.1, -0.05) is 38.5 Å². The molecule has 0 saturated carbocycles. The summed E-state index contributed by atoms with van der Waals surface area (Å²) in [6.07, 6.45) is 0.448. The molecule has 0 bridgehead atoms. The van der Waals surface area contributed by atoms with E-state index >= 15 is 0 Å². The first-order valence-corrected chi connectivity index (χ1v) is 9.27. The molecule has 1 aromatic carbocycles. The van der Waals surface area contributed by atoms with Crippen molar-refractivity contribution in [3.8, 4) is 0 Å². The fourth-order valence-electron chi connectivity index (χ4n) is 3.18. The molecule has 0 aliphatic carbocycles. The highest BCUT2D eigenvalue weighted by Gasteiger charge is 2.30. The molecule has 1 saturated heterocycles. The van der Waals surface area contributed by atoms with Gasteiger partial charge in [0.1, 0.15) is 0 Å². The number of hydrogen-bond acceptors (Lipinski definition) is 3. The quantitative estimate of drug-likeness (QED) is 0.778. The summed E-state index contributed by atoms with van der Waals surface area (Å²) in [5.74, 6) is 0.127. The molecule has 1 aliphatic heterocycles. The van der Waals surface area contributed by atoms with E-state index in [2.05, 4.69) is 0 Å². The van der Waals surface area contributed by atoms with Crippen molar-refractivity contribution >= 4 is 17.6 Å². The minimum Gasteiger partial charge on any atom is -0.339 e. The van der Waals surface area contributed by atoms with Gasteiger partial charge in [-0.3, -0.25) is 14.4 Å². The fraction of sp³-hybridized carbons (Fsp3) is 0.571. The van der Waals surface area contributed by atoms with Crippen LogP contribution in [0.25, 0.3) is 0 Å². The summed E-state index contributed by atoms with van der Waals surface area (Å²) < 4.78 is 0. The maximum absolute atomic E-state index is 12.4. The molecule has 1 fully saturated rings. The molecule has 0 unspecified atom stereocenters. The molecular weight excluding hydrogens is 328 g/mol. The molecule has 0 spiro atoms. The molecule has 5 heteroatoms. The summed E-state index contributed by atoms with van der Waals surface area (Å²) in [6, 6.07) is 5.81. The number of nitrogens with zero attached hydrogens (tertiary/aromatic N) is 2. The van der Waals surface area contributed by atoms with Gasteiger partial charge in [-0.2, -0.15) is 0 Å². The molecule has 1 aromatic rings. The van der Waals surface area contributed by atoms with E-state index in [4.69, 9.17) is 0 Å². The number of Topliss-reactive ketones (excluding diaryl/α,β-unsaturated/α-hetero) is 1. The average Bonchev–Trinajstić information content (AvgIpc) is 2.60. The Labute approximate surface area is 156 Å². The van der Waals surface area contributed by atoms with E-state index in [9.17, 15) is 14.4 Å². The van der Waals surface area contributed by atoms with Crippen molar-refractivity contribution in [2.75, 3.05) is 26.2 Å². The molecule has 0 atom stereocenters. The van der Waals surface area contributed by atoms with Crippen LogP contribution < -0.4 is 0 Å². The van der Waals surface area contributed by atoms with Gasteiger partial charge in [0.15, 0.2) is 5.78 Å². The van der Waals surface area contributed by atoms with Crippen LogP contribution in [-0.4, -0.2) is 53.6 Å². The molecule has 1 aliphatic rings. The highest BCUT2D eigenvalue weighted by Crippen LogP contribution is 2.19. The topological polar surface area (TPSA) is 57.7 Å². The Hall–Kier alpha value is -2.17. The van der Waals surface area contributed by atoms with Crippen molar-refractivity contribution in [3.05, 3.63) is 34.9 Å². The van der Waals surface area contributed by atoms with Gasteiger partial charge in [0.25, 0.3) is 0 Å². The Balaban J connectivity index is 1.85. The van der Waals surface area contributed by atoms with Gasteiger partial charge in [0.2, 0.25) is 11.8 Å². The maximum Gasteiger partial charge on any atom is 0.228 e. The van der Waals surface area contributed by atoms with Gasteiger partial charge < -0.3 is 9.80 Å². The Kier molecular flexibility index (Phi) is 6.21. The molecule has 142 valence electrons. The third-order valence-electron chi connectivity index (χ3n) is 4.82. The Morgan fingerprint density at radius 2 is 1.50 bits per heavy atom. The maximum atomic E-state index is 12.4. The summed E-state index contributed by atoms with van der Waals surface area (Å²) >= 11 is 0. The van der Waals surface area contributed by atoms with E-state index in [0.29, 0.717) is 31.7 Å². The summed E-state index contributed by atoms with van der Waals surface area (Å²) in [7, 11) is 0. The monoisotopic (exact) mass is 358 g/mol. The van der Waals surface area contributed by atoms with Gasteiger partial charge in [-0.05, 0) is 25.5 Å². The van der Waals surface area contributed by atoms with E-state index < -0.39 is 5.41 Å². The van der Waals surface area contributed by atoms with Crippen LogP contribution in [0.4, 0.5) is 0 Å². The fourth-order valence-corrected chi connectivity index (χ4v) is 3.18. The standard InChI is InChI=1S/C21H30N2O3/c1-15-6-7-16(2)17(14-15)18(24)8-9-19(25)22-10-12-23(13-11-22)20(26)21(3,4)5/h6-7,14H,8-13H2,1-5H3. The lowest BCUT2D eigenvalue weighted by Gasteiger charge is -2.37. The van der Waals surface area contributed by atoms with E-state index in [0.717, 1.165) is 11.1 Å². The van der Waals surface area contributed by atoms with Crippen LogP contribution in [0, 0.1) is 19.3 Å². The number of benzene rings is 1. The van der Waals surface area contributed by atoms with E-state index in [1.54, 1.807) is 4.90 Å². The van der Waals surface area contributed by atoms with Crippen LogP contribution in [0.1, 0.15) is 55.1 Å². The highest BCUT2D eigenvalue weighted by atomic mass is 16.2. The second-order valence-corrected chi connectivity index (χ2v) is 8.16. The Morgan fingerprint density at radius 1 is 0.923 bits per heavy atom. The largest absolute Gasteiger partial charge is 0.339 e. The highest BCUT2D eigenvalue weighted by molar-refractivity contribution is 5.99. The van der Waals surface area contributed by atoms with Crippen molar-refractivity contribution < 1.29 is 14.4 Å². The first kappa shape index (κ1) is 20.1. The summed E-state index contributed by atoms with van der Waals surface area (Å²) in [5, 5.41) is 0. The second-order valence-electron chi connectivity index (χ2n) is 8.16. The molecule has 26 heavy (non-hydrogen) atoms. The number of carbonyl (C=O) groups excluding carboxylic acids is 3. The van der Waals surface area contributed by atoms with Crippen molar-refractivity contribution in [2.24, 2.45) is 5.41 Å². The molecule has 2 amide bonds. The number of piperazine rings is 1.